The number of carboxylic acid groups (broad SMARTS) is 1. The number of hydrogen-bond donors (Lipinski definition) is 2. The molecule has 1 aromatic heterocycles. The van der Waals surface area contributed by atoms with Crippen LogP contribution in [-0.4, -0.2) is 33.0 Å². The minimum absolute atomic E-state index is 0.249. The molecule has 2 atom stereocenters. The molecule has 1 fully saturated rings. The molecule has 1 unspecified atom stereocenters. The maximum Gasteiger partial charge on any atom is 0.333 e. The summed E-state index contributed by atoms with van der Waals surface area (Å²) in [5.74, 6) is -0.169. The second-order valence-corrected chi connectivity index (χ2v) is 6.51. The van der Waals surface area contributed by atoms with E-state index in [1.165, 1.54) is 38.5 Å². The van der Waals surface area contributed by atoms with E-state index in [2.05, 4.69) is 9.55 Å². The van der Waals surface area contributed by atoms with E-state index in [0.29, 0.717) is 6.42 Å². The van der Waals surface area contributed by atoms with Crippen molar-refractivity contribution in [3.63, 3.8) is 0 Å². The lowest BCUT2D eigenvalue weighted by Gasteiger charge is -2.21. The van der Waals surface area contributed by atoms with Crippen molar-refractivity contribution in [3.05, 3.63) is 18.2 Å². The number of nitrogens with two attached hydrogens (primary N) is 1. The van der Waals surface area contributed by atoms with Crippen molar-refractivity contribution in [3.8, 4) is 0 Å². The van der Waals surface area contributed by atoms with Crippen LogP contribution in [0.25, 0.3) is 0 Å². The van der Waals surface area contributed by atoms with Crippen molar-refractivity contribution in [1.82, 2.24) is 9.55 Å². The van der Waals surface area contributed by atoms with Gasteiger partial charge in [0.05, 0.1) is 12.0 Å². The van der Waals surface area contributed by atoms with E-state index in [4.69, 9.17) is 10.5 Å². The van der Waals surface area contributed by atoms with Gasteiger partial charge in [0.1, 0.15) is 6.23 Å². The molecular formula is C17H29N3O3. The molecule has 6 nitrogen and oxygen atoms in total. The molecule has 1 aromatic rings. The molecule has 0 bridgehead atoms. The molecular weight excluding hydrogens is 294 g/mol. The molecule has 1 heterocycles. The van der Waals surface area contributed by atoms with Gasteiger partial charge in [-0.3, -0.25) is 0 Å². The fourth-order valence-electron chi connectivity index (χ4n) is 3.13. The Kier molecular flexibility index (Phi) is 7.05. The number of aryl methyl sites for hydroxylation is 1. The zero-order valence-corrected chi connectivity index (χ0v) is 14.0. The van der Waals surface area contributed by atoms with Crippen LogP contribution in [0, 0.1) is 5.92 Å². The van der Waals surface area contributed by atoms with Crippen LogP contribution in [0.1, 0.15) is 57.6 Å². The first kappa shape index (κ1) is 17.9. The highest BCUT2D eigenvalue weighted by Gasteiger charge is 2.22. The maximum absolute atomic E-state index is 11.3. The summed E-state index contributed by atoms with van der Waals surface area (Å²) >= 11 is 0. The lowest BCUT2D eigenvalue weighted by molar-refractivity contribution is -0.154. The van der Waals surface area contributed by atoms with Crippen molar-refractivity contribution in [2.45, 2.75) is 77.2 Å². The Morgan fingerprint density at radius 2 is 2.22 bits per heavy atom. The fourth-order valence-corrected chi connectivity index (χ4v) is 3.13. The Morgan fingerprint density at radius 1 is 1.48 bits per heavy atom. The molecule has 0 saturated heterocycles. The Balaban J connectivity index is 1.83. The third-order valence-electron chi connectivity index (χ3n) is 4.62. The van der Waals surface area contributed by atoms with Gasteiger partial charge in [0.25, 0.3) is 0 Å². The van der Waals surface area contributed by atoms with Gasteiger partial charge in [-0.05, 0) is 18.8 Å². The number of aromatic nitrogens is 2. The molecule has 1 aliphatic rings. The van der Waals surface area contributed by atoms with Crippen molar-refractivity contribution >= 4 is 5.97 Å². The maximum atomic E-state index is 11.3. The lowest BCUT2D eigenvalue weighted by Crippen LogP contribution is -2.35. The summed E-state index contributed by atoms with van der Waals surface area (Å²) in [7, 11) is 0. The number of rotatable bonds is 9. The minimum Gasteiger partial charge on any atom is -0.479 e. The normalized spacial score (nSPS) is 18.7. The monoisotopic (exact) mass is 323 g/mol. The highest BCUT2D eigenvalue weighted by molar-refractivity contribution is 5.72. The van der Waals surface area contributed by atoms with Gasteiger partial charge in [-0.15, -0.1) is 0 Å². The molecule has 130 valence electrons. The number of hydrogen-bond acceptors (Lipinski definition) is 4. The van der Waals surface area contributed by atoms with E-state index in [1.54, 1.807) is 6.33 Å². The molecule has 0 aromatic carbocycles. The van der Waals surface area contributed by atoms with Crippen LogP contribution in [0.15, 0.2) is 12.5 Å². The Morgan fingerprint density at radius 3 is 2.87 bits per heavy atom. The largest absolute Gasteiger partial charge is 0.479 e. The number of aliphatic carboxylic acids is 1. The molecule has 1 aliphatic carbocycles. The Labute approximate surface area is 138 Å². The Hall–Kier alpha value is -1.40. The molecule has 0 amide bonds. The van der Waals surface area contributed by atoms with Gasteiger partial charge in [-0.2, -0.15) is 0 Å². The van der Waals surface area contributed by atoms with E-state index >= 15 is 0 Å². The second kappa shape index (κ2) is 9.03. The summed E-state index contributed by atoms with van der Waals surface area (Å²) in [6.07, 6.45) is 11.0. The molecule has 0 spiro atoms. The van der Waals surface area contributed by atoms with Gasteiger partial charge < -0.3 is 20.1 Å². The number of nitrogens with zero attached hydrogens (tertiary/aromatic N) is 2. The number of carbonyl (C=O) groups is 1. The zero-order chi connectivity index (χ0) is 16.7. The molecule has 2 rings (SSSR count). The van der Waals surface area contributed by atoms with Crippen LogP contribution in [0.3, 0.4) is 0 Å². The Bertz CT molecular complexity index is 483. The van der Waals surface area contributed by atoms with Crippen LogP contribution in [-0.2, 0) is 22.5 Å². The van der Waals surface area contributed by atoms with E-state index in [1.807, 2.05) is 13.1 Å². The summed E-state index contributed by atoms with van der Waals surface area (Å²) in [6.45, 7) is 2.81. The van der Waals surface area contributed by atoms with Crippen LogP contribution in [0.4, 0.5) is 0 Å². The van der Waals surface area contributed by atoms with Gasteiger partial charge in [0.15, 0.2) is 6.10 Å². The smallest absolute Gasteiger partial charge is 0.333 e. The van der Waals surface area contributed by atoms with E-state index in [0.717, 1.165) is 18.2 Å². The van der Waals surface area contributed by atoms with Crippen LogP contribution in [0.5, 0.6) is 0 Å². The summed E-state index contributed by atoms with van der Waals surface area (Å²) < 4.78 is 7.42. The predicted molar refractivity (Wildman–Crippen MR) is 87.9 cm³/mol. The SMILES string of the molecule is CCC(N)O[C@@H](Cc1cn(CCC2CCCCC2)cn1)C(=O)O. The number of carboxylic acids is 1. The van der Waals surface area contributed by atoms with E-state index in [9.17, 15) is 9.90 Å². The topological polar surface area (TPSA) is 90.4 Å². The average Bonchev–Trinajstić information content (AvgIpc) is 3.00. The van der Waals surface area contributed by atoms with Gasteiger partial charge in [-0.25, -0.2) is 9.78 Å². The van der Waals surface area contributed by atoms with Crippen molar-refractivity contribution < 1.29 is 14.6 Å². The van der Waals surface area contributed by atoms with Gasteiger partial charge in [-0.1, -0.05) is 39.0 Å². The van der Waals surface area contributed by atoms with Crippen molar-refractivity contribution in [1.29, 1.82) is 0 Å². The van der Waals surface area contributed by atoms with Crippen LogP contribution in [0.2, 0.25) is 0 Å². The highest BCUT2D eigenvalue weighted by Crippen LogP contribution is 2.26. The number of ether oxygens (including phenoxy) is 1. The number of imidazole rings is 1. The molecule has 3 N–H and O–H groups in total. The molecule has 1 saturated carbocycles. The molecule has 23 heavy (non-hydrogen) atoms. The minimum atomic E-state index is -0.995. The molecule has 0 aliphatic heterocycles. The first-order valence-corrected chi connectivity index (χ1v) is 8.73. The average molecular weight is 323 g/mol. The zero-order valence-electron chi connectivity index (χ0n) is 14.0. The van der Waals surface area contributed by atoms with Gasteiger partial charge in [0.2, 0.25) is 0 Å². The van der Waals surface area contributed by atoms with E-state index in [-0.39, 0.29) is 6.42 Å². The van der Waals surface area contributed by atoms with E-state index < -0.39 is 18.3 Å². The highest BCUT2D eigenvalue weighted by atomic mass is 16.5. The quantitative estimate of drug-likeness (QED) is 0.682. The first-order valence-electron chi connectivity index (χ1n) is 8.73. The standard InChI is InChI=1S/C17H29N3O3/c1-2-16(18)23-15(17(21)22)10-14-11-20(12-19-14)9-8-13-6-4-3-5-7-13/h11-13,15-16H,2-10,18H2,1H3,(H,21,22)/t15-,16?/m0/s1. The summed E-state index contributed by atoms with van der Waals surface area (Å²) in [5, 5.41) is 9.24. The summed E-state index contributed by atoms with van der Waals surface area (Å²) in [5.41, 5.74) is 6.43. The summed E-state index contributed by atoms with van der Waals surface area (Å²) in [6, 6.07) is 0. The third-order valence-corrected chi connectivity index (χ3v) is 4.62. The van der Waals surface area contributed by atoms with Crippen molar-refractivity contribution in [2.24, 2.45) is 11.7 Å². The van der Waals surface area contributed by atoms with Gasteiger partial charge >= 0.3 is 5.97 Å². The third kappa shape index (κ3) is 5.95. The first-order chi connectivity index (χ1) is 11.1. The second-order valence-electron chi connectivity index (χ2n) is 6.51. The fraction of sp³-hybridized carbons (Fsp3) is 0.765. The predicted octanol–water partition coefficient (Wildman–Crippen LogP) is 2.56. The van der Waals surface area contributed by atoms with Gasteiger partial charge in [0, 0.05) is 19.2 Å². The summed E-state index contributed by atoms with van der Waals surface area (Å²) in [4.78, 5) is 15.6. The van der Waals surface area contributed by atoms with Crippen LogP contribution < -0.4 is 5.73 Å². The molecule has 0 radical (unpaired) electrons. The van der Waals surface area contributed by atoms with Crippen LogP contribution >= 0.6 is 0 Å². The molecule has 6 heteroatoms. The van der Waals surface area contributed by atoms with Crippen molar-refractivity contribution in [2.75, 3.05) is 0 Å². The lowest BCUT2D eigenvalue weighted by atomic mass is 9.87.